The van der Waals surface area contributed by atoms with E-state index in [2.05, 4.69) is 5.32 Å². The molecule has 0 saturated heterocycles. The van der Waals surface area contributed by atoms with Crippen LogP contribution in [0.4, 0.5) is 11.4 Å². The highest BCUT2D eigenvalue weighted by Crippen LogP contribution is 2.24. The molecule has 2 aromatic rings. The highest BCUT2D eigenvalue weighted by Gasteiger charge is 2.30. The lowest BCUT2D eigenvalue weighted by molar-refractivity contribution is -0.384. The largest absolute Gasteiger partial charge is 0.357 e. The van der Waals surface area contributed by atoms with Crippen LogP contribution >= 0.6 is 11.6 Å². The molecule has 0 bridgehead atoms. The van der Waals surface area contributed by atoms with E-state index in [1.54, 1.807) is 24.3 Å². The number of likely N-dealkylation sites (N-methyl/N-ethyl adjacent to an activating group) is 1. The number of benzene rings is 2. The molecule has 0 fully saturated rings. The van der Waals surface area contributed by atoms with Gasteiger partial charge in [-0.05, 0) is 24.6 Å². The summed E-state index contributed by atoms with van der Waals surface area (Å²) >= 11 is 6.20. The summed E-state index contributed by atoms with van der Waals surface area (Å²) in [6, 6.07) is 10.8. The van der Waals surface area contributed by atoms with Crippen molar-refractivity contribution in [1.29, 1.82) is 0 Å². The first-order valence-corrected chi connectivity index (χ1v) is 11.6. The highest BCUT2D eigenvalue weighted by atomic mass is 35.5. The lowest BCUT2D eigenvalue weighted by atomic mass is 10.1. The van der Waals surface area contributed by atoms with Crippen LogP contribution in [0.3, 0.4) is 0 Å². The Labute approximate surface area is 191 Å². The molecule has 0 unspecified atom stereocenters. The van der Waals surface area contributed by atoms with E-state index in [0.717, 1.165) is 16.6 Å². The Balaban J connectivity index is 2.43. The summed E-state index contributed by atoms with van der Waals surface area (Å²) in [7, 11) is -2.57. The zero-order chi connectivity index (χ0) is 24.1. The normalized spacial score (nSPS) is 12.0. The third-order valence-electron chi connectivity index (χ3n) is 4.72. The first kappa shape index (κ1) is 25.1. The number of nitro benzene ring substituents is 1. The minimum atomic E-state index is -3.98. The first-order chi connectivity index (χ1) is 15.0. The Morgan fingerprint density at radius 3 is 2.41 bits per heavy atom. The summed E-state index contributed by atoms with van der Waals surface area (Å²) in [5, 5.41) is 13.9. The van der Waals surface area contributed by atoms with Gasteiger partial charge in [0.1, 0.15) is 12.6 Å². The van der Waals surface area contributed by atoms with Crippen LogP contribution in [0.15, 0.2) is 48.5 Å². The Morgan fingerprint density at radius 2 is 1.84 bits per heavy atom. The van der Waals surface area contributed by atoms with Crippen molar-refractivity contribution < 1.29 is 22.9 Å². The van der Waals surface area contributed by atoms with Gasteiger partial charge in [0.15, 0.2) is 0 Å². The maximum Gasteiger partial charge on any atom is 0.271 e. The number of non-ortho nitro benzene ring substituents is 1. The van der Waals surface area contributed by atoms with E-state index in [9.17, 15) is 28.1 Å². The van der Waals surface area contributed by atoms with Crippen molar-refractivity contribution in [2.45, 2.75) is 19.5 Å². The molecular formula is C20H23ClN4O6S. The number of hydrogen-bond acceptors (Lipinski definition) is 6. The van der Waals surface area contributed by atoms with Crippen LogP contribution in [0.25, 0.3) is 0 Å². The lowest BCUT2D eigenvalue weighted by Crippen LogP contribution is -2.50. The van der Waals surface area contributed by atoms with Gasteiger partial charge in [-0.1, -0.05) is 35.9 Å². The third kappa shape index (κ3) is 6.17. The number of hydrogen-bond donors (Lipinski definition) is 1. The lowest BCUT2D eigenvalue weighted by Gasteiger charge is -2.31. The summed E-state index contributed by atoms with van der Waals surface area (Å²) in [6.45, 7) is 0.803. The summed E-state index contributed by atoms with van der Waals surface area (Å²) in [4.78, 5) is 37.1. The maximum absolute atomic E-state index is 13.2. The van der Waals surface area contributed by atoms with Gasteiger partial charge in [-0.2, -0.15) is 0 Å². The van der Waals surface area contributed by atoms with Gasteiger partial charge in [0.25, 0.3) is 5.69 Å². The van der Waals surface area contributed by atoms with Crippen molar-refractivity contribution in [2.75, 3.05) is 24.2 Å². The van der Waals surface area contributed by atoms with Gasteiger partial charge in [-0.25, -0.2) is 8.42 Å². The minimum Gasteiger partial charge on any atom is -0.357 e. The van der Waals surface area contributed by atoms with Gasteiger partial charge in [0.2, 0.25) is 21.8 Å². The summed E-state index contributed by atoms with van der Waals surface area (Å²) < 4.78 is 25.6. The number of sulfonamides is 1. The third-order valence-corrected chi connectivity index (χ3v) is 6.23. The number of anilines is 1. The van der Waals surface area contributed by atoms with Crippen molar-refractivity contribution in [3.8, 4) is 0 Å². The van der Waals surface area contributed by atoms with Gasteiger partial charge in [0.05, 0.1) is 16.9 Å². The van der Waals surface area contributed by atoms with Gasteiger partial charge in [-0.3, -0.25) is 24.0 Å². The minimum absolute atomic E-state index is 0.0414. The number of nitrogens with one attached hydrogen (secondary N) is 1. The molecule has 172 valence electrons. The zero-order valence-corrected chi connectivity index (χ0v) is 19.3. The first-order valence-electron chi connectivity index (χ1n) is 9.42. The quantitative estimate of drug-likeness (QED) is 0.430. The fourth-order valence-electron chi connectivity index (χ4n) is 2.98. The fraction of sp³-hybridized carbons (Fsp3) is 0.300. The number of carbonyl (C=O) groups excluding carboxylic acids is 2. The van der Waals surface area contributed by atoms with Gasteiger partial charge < -0.3 is 10.2 Å². The van der Waals surface area contributed by atoms with E-state index in [4.69, 9.17) is 11.6 Å². The number of halogens is 1. The summed E-state index contributed by atoms with van der Waals surface area (Å²) in [5.74, 6) is -1.13. The van der Waals surface area contributed by atoms with Crippen molar-refractivity contribution in [3.63, 3.8) is 0 Å². The second-order valence-electron chi connectivity index (χ2n) is 6.95. The van der Waals surface area contributed by atoms with Crippen LogP contribution in [0, 0.1) is 10.1 Å². The number of nitro groups is 1. The molecule has 2 rings (SSSR count). The molecule has 2 amide bonds. The Hall–Kier alpha value is -3.18. The van der Waals surface area contributed by atoms with Crippen LogP contribution in [0.2, 0.25) is 5.02 Å². The van der Waals surface area contributed by atoms with Gasteiger partial charge in [-0.15, -0.1) is 0 Å². The molecule has 0 heterocycles. The van der Waals surface area contributed by atoms with Crippen LogP contribution < -0.4 is 9.62 Å². The van der Waals surface area contributed by atoms with Crippen molar-refractivity contribution in [3.05, 3.63) is 69.2 Å². The van der Waals surface area contributed by atoms with Crippen molar-refractivity contribution in [1.82, 2.24) is 10.2 Å². The zero-order valence-electron chi connectivity index (χ0n) is 17.7. The standard InChI is InChI=1S/C20H23ClN4O6S/c1-14(20(27)22-2)23(12-15-7-4-5-10-18(15)21)19(26)13-24(32(3,30)31)16-8-6-9-17(11-16)25(28)29/h4-11,14H,12-13H2,1-3H3,(H,22,27)/t14-/m0/s1. The van der Waals surface area contributed by atoms with E-state index in [-0.39, 0.29) is 17.9 Å². The number of carbonyl (C=O) groups is 2. The average molecular weight is 483 g/mol. The summed E-state index contributed by atoms with van der Waals surface area (Å²) in [5.41, 5.74) is 0.204. The molecule has 0 aromatic heterocycles. The van der Waals surface area contributed by atoms with Crippen LogP contribution in [0.5, 0.6) is 0 Å². The molecule has 0 spiro atoms. The predicted molar refractivity (Wildman–Crippen MR) is 121 cm³/mol. The molecule has 2 aromatic carbocycles. The molecular weight excluding hydrogens is 460 g/mol. The van der Waals surface area contributed by atoms with E-state index >= 15 is 0 Å². The predicted octanol–water partition coefficient (Wildman–Crippen LogP) is 2.18. The maximum atomic E-state index is 13.2. The fourth-order valence-corrected chi connectivity index (χ4v) is 4.01. The van der Waals surface area contributed by atoms with E-state index in [1.165, 1.54) is 37.1 Å². The second-order valence-corrected chi connectivity index (χ2v) is 9.26. The number of rotatable bonds is 9. The molecule has 10 nitrogen and oxygen atoms in total. The van der Waals surface area contributed by atoms with Crippen LogP contribution in [0.1, 0.15) is 12.5 Å². The summed E-state index contributed by atoms with van der Waals surface area (Å²) in [6.07, 6.45) is 0.889. The molecule has 0 aliphatic carbocycles. The average Bonchev–Trinajstić information content (AvgIpc) is 2.74. The van der Waals surface area contributed by atoms with E-state index in [1.807, 2.05) is 0 Å². The Bertz CT molecular complexity index is 1120. The van der Waals surface area contributed by atoms with Gasteiger partial charge in [0, 0.05) is 30.7 Å². The van der Waals surface area contributed by atoms with Gasteiger partial charge >= 0.3 is 0 Å². The molecule has 0 radical (unpaired) electrons. The second kappa shape index (κ2) is 10.4. The topological polar surface area (TPSA) is 130 Å². The van der Waals surface area contributed by atoms with E-state index < -0.39 is 39.3 Å². The molecule has 0 saturated carbocycles. The Morgan fingerprint density at radius 1 is 1.19 bits per heavy atom. The number of amides is 2. The molecule has 12 heteroatoms. The van der Waals surface area contributed by atoms with Crippen LogP contribution in [-0.4, -0.2) is 55.9 Å². The smallest absolute Gasteiger partial charge is 0.271 e. The molecule has 32 heavy (non-hydrogen) atoms. The van der Waals surface area contributed by atoms with Crippen molar-refractivity contribution in [2.24, 2.45) is 0 Å². The molecule has 1 atom stereocenters. The monoisotopic (exact) mass is 482 g/mol. The van der Waals surface area contributed by atoms with Crippen LogP contribution in [-0.2, 0) is 26.2 Å². The van der Waals surface area contributed by atoms with Crippen molar-refractivity contribution >= 4 is 44.8 Å². The molecule has 0 aliphatic rings. The van der Waals surface area contributed by atoms with E-state index in [0.29, 0.717) is 10.6 Å². The molecule has 1 N–H and O–H groups in total. The Kier molecular flexibility index (Phi) is 8.17. The molecule has 0 aliphatic heterocycles. The highest BCUT2D eigenvalue weighted by molar-refractivity contribution is 7.92. The number of nitrogens with zero attached hydrogens (tertiary/aromatic N) is 3. The SMILES string of the molecule is CNC(=O)[C@H](C)N(Cc1ccccc1Cl)C(=O)CN(c1cccc([N+](=O)[O-])c1)S(C)(=O)=O.